The first-order valence-corrected chi connectivity index (χ1v) is 7.47. The predicted molar refractivity (Wildman–Crippen MR) is 79.0 cm³/mol. The van der Waals surface area contributed by atoms with Gasteiger partial charge in [-0.15, -0.1) is 4.41 Å². The van der Waals surface area contributed by atoms with E-state index in [0.717, 1.165) is 25.7 Å². The smallest absolute Gasteiger partial charge is 0.439 e. The fourth-order valence-corrected chi connectivity index (χ4v) is 2.12. The largest absolute Gasteiger partial charge is 0.449 e. The highest BCUT2D eigenvalue weighted by atomic mass is 79.9. The number of hydrazine groups is 1. The molecule has 20 heavy (non-hydrogen) atoms. The van der Waals surface area contributed by atoms with E-state index in [2.05, 4.69) is 21.4 Å². The van der Waals surface area contributed by atoms with Gasteiger partial charge in [-0.25, -0.2) is 15.0 Å². The van der Waals surface area contributed by atoms with Crippen LogP contribution in [0.25, 0.3) is 0 Å². The van der Waals surface area contributed by atoms with E-state index >= 15 is 0 Å². The Labute approximate surface area is 130 Å². The number of carbonyl (C=O) groups excluding carboxylic acids is 2. The lowest BCUT2D eigenvalue weighted by Crippen LogP contribution is -2.42. The zero-order valence-electron chi connectivity index (χ0n) is 11.1. The number of nitrogens with zero attached hydrogens (tertiary/aromatic N) is 1. The SMILES string of the molecule is CCOC(=O)NN(Sc1ccc(Br)cc1)C(=O)OCC. The number of amides is 2. The molecule has 110 valence electrons. The minimum Gasteiger partial charge on any atom is -0.449 e. The van der Waals surface area contributed by atoms with Crippen molar-refractivity contribution in [1.29, 1.82) is 0 Å². The van der Waals surface area contributed by atoms with Crippen LogP contribution >= 0.6 is 27.9 Å². The minimum absolute atomic E-state index is 0.209. The molecular weight excluding hydrogens is 348 g/mol. The third kappa shape index (κ3) is 5.70. The minimum atomic E-state index is -0.717. The van der Waals surface area contributed by atoms with Gasteiger partial charge in [0.2, 0.25) is 0 Å². The number of benzene rings is 1. The van der Waals surface area contributed by atoms with Crippen molar-refractivity contribution in [3.8, 4) is 0 Å². The first-order valence-electron chi connectivity index (χ1n) is 5.90. The van der Waals surface area contributed by atoms with Gasteiger partial charge in [0.05, 0.1) is 13.2 Å². The van der Waals surface area contributed by atoms with Crippen LogP contribution in [-0.2, 0) is 9.47 Å². The molecule has 0 aliphatic rings. The Morgan fingerprint density at radius 1 is 1.20 bits per heavy atom. The van der Waals surface area contributed by atoms with Gasteiger partial charge in [0.25, 0.3) is 0 Å². The van der Waals surface area contributed by atoms with Crippen molar-refractivity contribution in [2.24, 2.45) is 0 Å². The quantitative estimate of drug-likeness (QED) is 0.654. The van der Waals surface area contributed by atoms with E-state index in [1.807, 2.05) is 12.1 Å². The van der Waals surface area contributed by atoms with Crippen molar-refractivity contribution in [2.45, 2.75) is 18.7 Å². The molecule has 0 aliphatic heterocycles. The number of hydrogen-bond acceptors (Lipinski definition) is 5. The molecule has 8 heteroatoms. The number of halogens is 1. The summed E-state index contributed by atoms with van der Waals surface area (Å²) < 4.78 is 11.5. The maximum Gasteiger partial charge on any atom is 0.439 e. The molecule has 6 nitrogen and oxygen atoms in total. The van der Waals surface area contributed by atoms with Crippen LogP contribution in [0.3, 0.4) is 0 Å². The second kappa shape index (κ2) is 8.70. The van der Waals surface area contributed by atoms with E-state index in [1.165, 1.54) is 0 Å². The van der Waals surface area contributed by atoms with E-state index in [1.54, 1.807) is 26.0 Å². The summed E-state index contributed by atoms with van der Waals surface area (Å²) in [6, 6.07) is 7.26. The second-order valence-corrected chi connectivity index (χ2v) is 5.31. The number of carbonyl (C=O) groups is 2. The monoisotopic (exact) mass is 362 g/mol. The first kappa shape index (κ1) is 16.6. The molecule has 1 aromatic carbocycles. The van der Waals surface area contributed by atoms with Crippen molar-refractivity contribution < 1.29 is 19.1 Å². The summed E-state index contributed by atoms with van der Waals surface area (Å²) in [6.07, 6.45) is -1.39. The van der Waals surface area contributed by atoms with Crippen LogP contribution in [0.1, 0.15) is 13.8 Å². The third-order valence-corrected chi connectivity index (χ3v) is 3.35. The Balaban J connectivity index is 2.73. The van der Waals surface area contributed by atoms with Crippen LogP contribution in [0.4, 0.5) is 9.59 Å². The molecule has 0 bridgehead atoms. The summed E-state index contributed by atoms with van der Waals surface area (Å²) in [7, 11) is 0. The molecule has 0 atom stereocenters. The van der Waals surface area contributed by atoms with Crippen LogP contribution < -0.4 is 5.43 Å². The lowest BCUT2D eigenvalue weighted by Gasteiger charge is -2.20. The molecule has 0 saturated heterocycles. The average molecular weight is 363 g/mol. The molecular formula is C12H15BrN2O4S. The van der Waals surface area contributed by atoms with Gasteiger partial charge < -0.3 is 9.47 Å². The molecule has 1 N–H and O–H groups in total. The van der Waals surface area contributed by atoms with Crippen LogP contribution in [0.5, 0.6) is 0 Å². The molecule has 0 heterocycles. The summed E-state index contributed by atoms with van der Waals surface area (Å²) in [6.45, 7) is 3.78. The maximum atomic E-state index is 11.8. The van der Waals surface area contributed by atoms with E-state index in [-0.39, 0.29) is 13.2 Å². The Morgan fingerprint density at radius 3 is 2.35 bits per heavy atom. The van der Waals surface area contributed by atoms with E-state index in [0.29, 0.717) is 0 Å². The van der Waals surface area contributed by atoms with Crippen LogP contribution in [0.2, 0.25) is 0 Å². The molecule has 1 rings (SSSR count). The van der Waals surface area contributed by atoms with Gasteiger partial charge in [-0.05, 0) is 38.1 Å². The summed E-state index contributed by atoms with van der Waals surface area (Å²) in [4.78, 5) is 23.9. The number of hydrogen-bond donors (Lipinski definition) is 1. The van der Waals surface area contributed by atoms with Crippen molar-refractivity contribution in [3.63, 3.8) is 0 Å². The van der Waals surface area contributed by atoms with Crippen LogP contribution in [0.15, 0.2) is 33.6 Å². The standard InChI is InChI=1S/C12H15BrN2O4S/c1-3-18-11(16)14-15(12(17)19-4-2)20-10-7-5-9(13)6-8-10/h5-8H,3-4H2,1-2H3,(H,14,16). The van der Waals surface area contributed by atoms with Gasteiger partial charge in [0.1, 0.15) is 0 Å². The maximum absolute atomic E-state index is 11.8. The summed E-state index contributed by atoms with van der Waals surface area (Å²) in [5.74, 6) is 0. The Kier molecular flexibility index (Phi) is 7.24. The number of rotatable bonds is 4. The topological polar surface area (TPSA) is 67.9 Å². The Bertz CT molecular complexity index is 455. The average Bonchev–Trinajstić information content (AvgIpc) is 2.41. The van der Waals surface area contributed by atoms with Crippen molar-refractivity contribution in [1.82, 2.24) is 9.84 Å². The van der Waals surface area contributed by atoms with Crippen LogP contribution in [0, 0.1) is 0 Å². The zero-order valence-corrected chi connectivity index (χ0v) is 13.5. The number of nitrogens with one attached hydrogen (secondary N) is 1. The van der Waals surface area contributed by atoms with E-state index < -0.39 is 12.2 Å². The fraction of sp³-hybridized carbons (Fsp3) is 0.333. The Hall–Kier alpha value is -1.41. The first-order chi connectivity index (χ1) is 9.56. The van der Waals surface area contributed by atoms with Crippen molar-refractivity contribution >= 4 is 40.1 Å². The highest BCUT2D eigenvalue weighted by molar-refractivity contribution is 9.10. The van der Waals surface area contributed by atoms with Gasteiger partial charge in [0, 0.05) is 21.3 Å². The lowest BCUT2D eigenvalue weighted by molar-refractivity contribution is 0.106. The van der Waals surface area contributed by atoms with Gasteiger partial charge in [-0.1, -0.05) is 15.9 Å². The van der Waals surface area contributed by atoms with E-state index in [9.17, 15) is 9.59 Å². The molecule has 2 amide bonds. The van der Waals surface area contributed by atoms with Gasteiger partial charge >= 0.3 is 12.2 Å². The molecule has 1 aromatic rings. The van der Waals surface area contributed by atoms with Gasteiger partial charge in [0.15, 0.2) is 0 Å². The van der Waals surface area contributed by atoms with Crippen LogP contribution in [-0.4, -0.2) is 29.8 Å². The number of ether oxygens (including phenoxy) is 2. The second-order valence-electron chi connectivity index (χ2n) is 3.37. The summed E-state index contributed by atoms with van der Waals surface area (Å²) >= 11 is 4.35. The Morgan fingerprint density at radius 2 is 1.80 bits per heavy atom. The highest BCUT2D eigenvalue weighted by Crippen LogP contribution is 2.23. The summed E-state index contributed by atoms with van der Waals surface area (Å²) in [5.41, 5.74) is 2.31. The summed E-state index contributed by atoms with van der Waals surface area (Å²) in [5, 5.41) is 0. The van der Waals surface area contributed by atoms with Gasteiger partial charge in [-0.2, -0.15) is 0 Å². The zero-order chi connectivity index (χ0) is 15.0. The molecule has 0 aromatic heterocycles. The van der Waals surface area contributed by atoms with Gasteiger partial charge in [-0.3, -0.25) is 0 Å². The lowest BCUT2D eigenvalue weighted by atomic mass is 10.4. The van der Waals surface area contributed by atoms with E-state index in [4.69, 9.17) is 9.47 Å². The molecule has 0 spiro atoms. The van der Waals surface area contributed by atoms with Crippen molar-refractivity contribution in [3.05, 3.63) is 28.7 Å². The molecule has 0 fully saturated rings. The van der Waals surface area contributed by atoms with Crippen molar-refractivity contribution in [2.75, 3.05) is 13.2 Å². The molecule has 0 saturated carbocycles. The normalized spacial score (nSPS) is 9.75. The molecule has 0 unspecified atom stereocenters. The highest BCUT2D eigenvalue weighted by Gasteiger charge is 2.19. The predicted octanol–water partition coefficient (Wildman–Crippen LogP) is 3.58. The molecule has 0 aliphatic carbocycles. The molecule has 0 radical (unpaired) electrons. The fourth-order valence-electron chi connectivity index (χ4n) is 1.13. The third-order valence-electron chi connectivity index (χ3n) is 1.91.